The number of carboxylic acids is 1. The molecule has 2 fully saturated rings. The van der Waals surface area contributed by atoms with Gasteiger partial charge in [0, 0.05) is 23.4 Å². The highest BCUT2D eigenvalue weighted by Gasteiger charge is 2.26. The first-order valence-corrected chi connectivity index (χ1v) is 16.3. The Morgan fingerprint density at radius 2 is 1.21 bits per heavy atom. The number of aromatic nitrogens is 2. The van der Waals surface area contributed by atoms with Gasteiger partial charge in [-0.3, -0.25) is 0 Å². The van der Waals surface area contributed by atoms with Gasteiger partial charge in [0.15, 0.2) is 0 Å². The zero-order valence-electron chi connectivity index (χ0n) is 26.3. The molecule has 0 radical (unpaired) electrons. The maximum atomic E-state index is 12.5. The van der Waals surface area contributed by atoms with Crippen molar-refractivity contribution in [3.63, 3.8) is 0 Å². The number of fused-ring (bicyclic) bond motifs is 2. The molecule has 2 saturated carbocycles. The van der Waals surface area contributed by atoms with Crippen molar-refractivity contribution in [2.75, 3.05) is 6.61 Å². The highest BCUT2D eigenvalue weighted by molar-refractivity contribution is 5.92. The molecule has 0 spiro atoms. The summed E-state index contributed by atoms with van der Waals surface area (Å²) in [5.41, 5.74) is 9.97. The van der Waals surface area contributed by atoms with Crippen LogP contribution in [0.15, 0.2) is 110 Å². The van der Waals surface area contributed by atoms with Gasteiger partial charge in [0.05, 0.1) is 11.1 Å². The zero-order chi connectivity index (χ0) is 32.3. The lowest BCUT2D eigenvalue weighted by Gasteiger charge is -2.11. The molecule has 0 unspecified atom stereocenters. The van der Waals surface area contributed by atoms with Gasteiger partial charge in [-0.1, -0.05) is 49.1 Å². The Morgan fingerprint density at radius 3 is 1.70 bits per heavy atom. The fraction of sp³-hybridized carbons (Fsp3) is 0.220. The summed E-state index contributed by atoms with van der Waals surface area (Å²) in [7, 11) is 0. The number of aromatic carboxylic acids is 1. The van der Waals surface area contributed by atoms with Crippen LogP contribution in [0.5, 0.6) is 0 Å². The van der Waals surface area contributed by atoms with Crippen molar-refractivity contribution < 1.29 is 19.4 Å². The van der Waals surface area contributed by atoms with E-state index in [-0.39, 0.29) is 12.6 Å². The molecule has 0 aliphatic heterocycles. The molecule has 0 amide bonds. The second kappa shape index (κ2) is 13.2. The van der Waals surface area contributed by atoms with Gasteiger partial charge in [-0.15, -0.1) is 0 Å². The quantitative estimate of drug-likeness (QED) is 0.105. The van der Waals surface area contributed by atoms with Gasteiger partial charge in [0.1, 0.15) is 6.61 Å². The van der Waals surface area contributed by atoms with Crippen LogP contribution in [0.4, 0.5) is 0 Å². The Balaban J connectivity index is 0.000000151. The van der Waals surface area contributed by atoms with Crippen LogP contribution in [-0.2, 0) is 17.6 Å². The molecule has 2 heterocycles. The summed E-state index contributed by atoms with van der Waals surface area (Å²) < 4.78 is 5.31. The van der Waals surface area contributed by atoms with Crippen molar-refractivity contribution in [1.29, 1.82) is 0 Å². The van der Waals surface area contributed by atoms with Crippen LogP contribution in [0.3, 0.4) is 0 Å². The van der Waals surface area contributed by atoms with Crippen LogP contribution in [0, 0.1) is 0 Å². The normalized spacial score (nSPS) is 14.0. The SMILES string of the molecule is C=CCOC(=O)c1cc(C2CC2)ccc1Cc1ccc2[nH]ccc2c1.O=C(O)c1cc(C2CC2)ccc1Cc1ccc2[nH]ccc2c1. The molecule has 0 atom stereocenters. The van der Waals surface area contributed by atoms with E-state index in [4.69, 9.17) is 4.74 Å². The molecule has 2 aliphatic rings. The summed E-state index contributed by atoms with van der Waals surface area (Å²) in [5, 5.41) is 11.8. The van der Waals surface area contributed by atoms with Crippen molar-refractivity contribution in [2.45, 2.75) is 50.4 Å². The van der Waals surface area contributed by atoms with Gasteiger partial charge >= 0.3 is 11.9 Å². The summed E-state index contributed by atoms with van der Waals surface area (Å²) >= 11 is 0. The Bertz CT molecular complexity index is 2090. The van der Waals surface area contributed by atoms with E-state index in [1.54, 1.807) is 6.08 Å². The molecule has 6 nitrogen and oxygen atoms in total. The number of hydrogen-bond donors (Lipinski definition) is 3. The lowest BCUT2D eigenvalue weighted by molar-refractivity contribution is 0.0548. The van der Waals surface area contributed by atoms with Gasteiger partial charge in [-0.05, 0) is 143 Å². The molecule has 6 aromatic rings. The average Bonchev–Trinajstić information content (AvgIpc) is 4.02. The predicted molar refractivity (Wildman–Crippen MR) is 186 cm³/mol. The molecule has 8 rings (SSSR count). The summed E-state index contributed by atoms with van der Waals surface area (Å²) in [4.78, 5) is 30.5. The maximum Gasteiger partial charge on any atom is 0.338 e. The molecule has 2 aromatic heterocycles. The molecule has 0 saturated heterocycles. The number of esters is 1. The van der Waals surface area contributed by atoms with Crippen molar-refractivity contribution in [3.8, 4) is 0 Å². The minimum atomic E-state index is -0.833. The third-order valence-electron chi connectivity index (χ3n) is 9.17. The van der Waals surface area contributed by atoms with Crippen LogP contribution < -0.4 is 0 Å². The fourth-order valence-electron chi connectivity index (χ4n) is 6.30. The first kappa shape index (κ1) is 30.3. The van der Waals surface area contributed by atoms with E-state index >= 15 is 0 Å². The van der Waals surface area contributed by atoms with Crippen LogP contribution in [0.2, 0.25) is 0 Å². The van der Waals surface area contributed by atoms with Crippen LogP contribution in [-0.4, -0.2) is 33.6 Å². The maximum absolute atomic E-state index is 12.5. The molecule has 2 aliphatic carbocycles. The number of H-pyrrole nitrogens is 2. The Kier molecular flexibility index (Phi) is 8.49. The minimum Gasteiger partial charge on any atom is -0.478 e. The number of benzene rings is 4. The Hall–Kier alpha value is -5.36. The number of hydrogen-bond acceptors (Lipinski definition) is 3. The fourth-order valence-corrected chi connectivity index (χ4v) is 6.30. The monoisotopic (exact) mass is 622 g/mol. The van der Waals surface area contributed by atoms with Crippen molar-refractivity contribution in [3.05, 3.63) is 154 Å². The summed E-state index contributed by atoms with van der Waals surface area (Å²) in [6.07, 6.45) is 11.6. The number of carbonyl (C=O) groups excluding carboxylic acids is 1. The molecule has 47 heavy (non-hydrogen) atoms. The van der Waals surface area contributed by atoms with E-state index in [1.165, 1.54) is 47.8 Å². The van der Waals surface area contributed by atoms with Gasteiger partial charge in [0.25, 0.3) is 0 Å². The van der Waals surface area contributed by atoms with Gasteiger partial charge in [-0.2, -0.15) is 0 Å². The highest BCUT2D eigenvalue weighted by atomic mass is 16.5. The largest absolute Gasteiger partial charge is 0.478 e. The van der Waals surface area contributed by atoms with E-state index in [0.29, 0.717) is 35.8 Å². The van der Waals surface area contributed by atoms with Crippen molar-refractivity contribution in [2.24, 2.45) is 0 Å². The number of carboxylic acid groups (broad SMARTS) is 1. The number of carbonyl (C=O) groups is 2. The van der Waals surface area contributed by atoms with Crippen LogP contribution in [0.25, 0.3) is 21.8 Å². The molecule has 0 bridgehead atoms. The molecular formula is C41H38N2O4. The van der Waals surface area contributed by atoms with Crippen molar-refractivity contribution in [1.82, 2.24) is 9.97 Å². The minimum absolute atomic E-state index is 0.237. The van der Waals surface area contributed by atoms with E-state index < -0.39 is 5.97 Å². The molecule has 236 valence electrons. The number of nitrogens with one attached hydrogen (secondary N) is 2. The molecular weight excluding hydrogens is 584 g/mol. The van der Waals surface area contributed by atoms with Gasteiger partial charge in [0.2, 0.25) is 0 Å². The molecule has 6 heteroatoms. The molecule has 4 aromatic carbocycles. The highest BCUT2D eigenvalue weighted by Crippen LogP contribution is 2.41. The summed E-state index contributed by atoms with van der Waals surface area (Å²) in [6.45, 7) is 3.85. The first-order valence-electron chi connectivity index (χ1n) is 16.3. The second-order valence-electron chi connectivity index (χ2n) is 12.7. The van der Waals surface area contributed by atoms with Gasteiger partial charge < -0.3 is 19.8 Å². The van der Waals surface area contributed by atoms with Crippen molar-refractivity contribution >= 4 is 33.7 Å². The molecule has 3 N–H and O–H groups in total. The van der Waals surface area contributed by atoms with E-state index in [2.05, 4.69) is 71.1 Å². The van der Waals surface area contributed by atoms with Crippen LogP contribution in [0.1, 0.15) is 91.6 Å². The zero-order valence-corrected chi connectivity index (χ0v) is 26.3. The summed E-state index contributed by atoms with van der Waals surface area (Å²) in [6, 6.07) is 28.9. The average molecular weight is 623 g/mol. The number of ether oxygens (including phenoxy) is 1. The number of aromatic amines is 2. The third kappa shape index (κ3) is 7.07. The second-order valence-corrected chi connectivity index (χ2v) is 12.7. The van der Waals surface area contributed by atoms with E-state index in [9.17, 15) is 14.7 Å². The van der Waals surface area contributed by atoms with E-state index in [0.717, 1.165) is 33.1 Å². The Labute approximate surface area is 274 Å². The smallest absolute Gasteiger partial charge is 0.338 e. The standard InChI is InChI=1S/C22H21NO2.C19H17NO2/c1-2-11-25-22(24)20-14-17(16-4-5-16)6-7-18(20)12-15-3-8-21-19(13-15)9-10-23-21;21-19(22)17-11-14(13-2-3-13)4-5-15(17)9-12-1-6-18-16(10-12)7-8-20-18/h2-3,6-10,13-14,16,23H,1,4-5,11-12H2;1,4-8,10-11,13,20H,2-3,9H2,(H,21,22). The first-order chi connectivity index (χ1) is 22.9. The predicted octanol–water partition coefficient (Wildman–Crippen LogP) is 9.31. The lowest BCUT2D eigenvalue weighted by Crippen LogP contribution is -2.09. The number of rotatable bonds is 10. The summed E-state index contributed by atoms with van der Waals surface area (Å²) in [5.74, 6) is 0.0833. The van der Waals surface area contributed by atoms with E-state index in [1.807, 2.05) is 42.7 Å². The topological polar surface area (TPSA) is 95.2 Å². The van der Waals surface area contributed by atoms with Gasteiger partial charge in [-0.25, -0.2) is 9.59 Å². The third-order valence-corrected chi connectivity index (χ3v) is 9.17. The Morgan fingerprint density at radius 1 is 0.702 bits per heavy atom. The van der Waals surface area contributed by atoms with Crippen LogP contribution >= 0.6 is 0 Å². The lowest BCUT2D eigenvalue weighted by atomic mass is 9.96.